The van der Waals surface area contributed by atoms with Crippen molar-refractivity contribution in [3.05, 3.63) is 33.6 Å². The molecule has 1 aromatic rings. The number of benzene rings is 1. The summed E-state index contributed by atoms with van der Waals surface area (Å²) in [6.45, 7) is 1.67. The van der Waals surface area contributed by atoms with Gasteiger partial charge in [-0.05, 0) is 31.4 Å². The number of amides is 1. The highest BCUT2D eigenvalue weighted by molar-refractivity contribution is 5.92. The molecule has 0 aromatic heterocycles. The van der Waals surface area contributed by atoms with Crippen molar-refractivity contribution < 1.29 is 19.2 Å². The topological polar surface area (TPSA) is 83.7 Å². The van der Waals surface area contributed by atoms with E-state index in [-0.39, 0.29) is 11.7 Å². The highest BCUT2D eigenvalue weighted by atomic mass is 19.1. The van der Waals surface area contributed by atoms with Gasteiger partial charge in [0.1, 0.15) is 11.5 Å². The van der Waals surface area contributed by atoms with Gasteiger partial charge in [0.25, 0.3) is 5.69 Å². The first-order valence-corrected chi connectivity index (χ1v) is 5.40. The van der Waals surface area contributed by atoms with Gasteiger partial charge in [-0.1, -0.05) is 0 Å². The van der Waals surface area contributed by atoms with Crippen molar-refractivity contribution in [2.75, 3.05) is 4.90 Å². The molecule has 6 nitrogen and oxygen atoms in total. The molecule has 18 heavy (non-hydrogen) atoms. The Bertz CT molecular complexity index is 532. The molecule has 0 saturated carbocycles. The minimum Gasteiger partial charge on any atom is -0.465 e. The molecule has 1 aliphatic heterocycles. The number of aryl methyl sites for hydroxylation is 1. The monoisotopic (exact) mass is 254 g/mol. The third-order valence-corrected chi connectivity index (χ3v) is 3.05. The lowest BCUT2D eigenvalue weighted by molar-refractivity contribution is -0.384. The van der Waals surface area contributed by atoms with Crippen LogP contribution >= 0.6 is 0 Å². The summed E-state index contributed by atoms with van der Waals surface area (Å²) < 4.78 is 13.3. The summed E-state index contributed by atoms with van der Waals surface area (Å²) in [4.78, 5) is 22.3. The molecule has 0 radical (unpaired) electrons. The van der Waals surface area contributed by atoms with Gasteiger partial charge < -0.3 is 5.11 Å². The van der Waals surface area contributed by atoms with Crippen molar-refractivity contribution in [3.8, 4) is 0 Å². The lowest BCUT2D eigenvalue weighted by atomic mass is 9.96. The van der Waals surface area contributed by atoms with E-state index in [1.54, 1.807) is 6.92 Å². The van der Waals surface area contributed by atoms with Gasteiger partial charge in [-0.3, -0.25) is 15.0 Å². The van der Waals surface area contributed by atoms with Crippen molar-refractivity contribution in [1.29, 1.82) is 0 Å². The Balaban J connectivity index is 2.69. The van der Waals surface area contributed by atoms with Crippen molar-refractivity contribution in [2.45, 2.75) is 25.8 Å². The number of halogens is 1. The van der Waals surface area contributed by atoms with E-state index >= 15 is 0 Å². The predicted molar refractivity (Wildman–Crippen MR) is 61.3 cm³/mol. The zero-order valence-electron chi connectivity index (χ0n) is 9.59. The molecule has 7 heteroatoms. The summed E-state index contributed by atoms with van der Waals surface area (Å²) in [5.74, 6) is -0.722. The Labute approximate surface area is 102 Å². The van der Waals surface area contributed by atoms with Crippen LogP contribution in [-0.2, 0) is 6.42 Å². The number of nitro groups is 1. The van der Waals surface area contributed by atoms with Gasteiger partial charge in [-0.25, -0.2) is 9.18 Å². The molecule has 0 bridgehead atoms. The molecular weight excluding hydrogens is 243 g/mol. The zero-order chi connectivity index (χ0) is 13.4. The van der Waals surface area contributed by atoms with E-state index in [4.69, 9.17) is 5.11 Å². The smallest absolute Gasteiger partial charge is 0.412 e. The molecule has 1 heterocycles. The number of rotatable bonds is 1. The van der Waals surface area contributed by atoms with E-state index < -0.39 is 22.5 Å². The Morgan fingerprint density at radius 2 is 2.28 bits per heavy atom. The SMILES string of the molecule is CC1CCc2cc(F)cc([N+](=O)[O-])c2N1C(=O)O. The van der Waals surface area contributed by atoms with E-state index in [2.05, 4.69) is 0 Å². The number of carbonyl (C=O) groups is 1. The van der Waals surface area contributed by atoms with Gasteiger partial charge in [-0.2, -0.15) is 0 Å². The number of fused-ring (bicyclic) bond motifs is 1. The Kier molecular flexibility index (Phi) is 2.90. The van der Waals surface area contributed by atoms with Gasteiger partial charge in [0.15, 0.2) is 0 Å². The van der Waals surface area contributed by atoms with Crippen LogP contribution in [0, 0.1) is 15.9 Å². The van der Waals surface area contributed by atoms with Crippen LogP contribution in [0.2, 0.25) is 0 Å². The molecule has 0 saturated heterocycles. The fourth-order valence-corrected chi connectivity index (χ4v) is 2.25. The molecule has 1 N–H and O–H groups in total. The minimum absolute atomic E-state index is 0.00681. The van der Waals surface area contributed by atoms with E-state index in [0.29, 0.717) is 18.4 Å². The third kappa shape index (κ3) is 1.87. The van der Waals surface area contributed by atoms with Gasteiger partial charge in [-0.15, -0.1) is 0 Å². The number of nitrogens with zero attached hydrogens (tertiary/aromatic N) is 2. The molecular formula is C11H11FN2O4. The lowest BCUT2D eigenvalue weighted by Crippen LogP contribution is -2.41. The van der Waals surface area contributed by atoms with Gasteiger partial charge in [0.2, 0.25) is 0 Å². The maximum atomic E-state index is 13.3. The summed E-state index contributed by atoms with van der Waals surface area (Å²) in [6, 6.07) is 1.55. The Morgan fingerprint density at radius 1 is 1.61 bits per heavy atom. The second-order valence-corrected chi connectivity index (χ2v) is 4.23. The van der Waals surface area contributed by atoms with Crippen LogP contribution in [0.3, 0.4) is 0 Å². The maximum Gasteiger partial charge on any atom is 0.412 e. The third-order valence-electron chi connectivity index (χ3n) is 3.05. The normalized spacial score (nSPS) is 18.3. The quantitative estimate of drug-likeness (QED) is 0.616. The van der Waals surface area contributed by atoms with Gasteiger partial charge in [0.05, 0.1) is 11.0 Å². The van der Waals surface area contributed by atoms with Gasteiger partial charge in [0, 0.05) is 6.04 Å². The first kappa shape index (κ1) is 12.3. The number of nitro benzene ring substituents is 1. The van der Waals surface area contributed by atoms with Crippen LogP contribution in [0.1, 0.15) is 18.9 Å². The minimum atomic E-state index is -1.27. The molecule has 96 valence electrons. The van der Waals surface area contributed by atoms with Crippen LogP contribution in [0.5, 0.6) is 0 Å². The van der Waals surface area contributed by atoms with Crippen molar-refractivity contribution >= 4 is 17.5 Å². The average molecular weight is 254 g/mol. The molecule has 1 amide bonds. The second kappa shape index (κ2) is 4.25. The molecule has 2 rings (SSSR count). The molecule has 1 unspecified atom stereocenters. The van der Waals surface area contributed by atoms with Crippen LogP contribution in [-0.4, -0.2) is 22.2 Å². The summed E-state index contributed by atoms with van der Waals surface area (Å²) in [5.41, 5.74) is -0.145. The van der Waals surface area contributed by atoms with E-state index in [0.717, 1.165) is 17.0 Å². The summed E-state index contributed by atoms with van der Waals surface area (Å²) in [6.07, 6.45) is -0.322. The summed E-state index contributed by atoms with van der Waals surface area (Å²) >= 11 is 0. The number of carboxylic acid groups (broad SMARTS) is 1. The first-order valence-electron chi connectivity index (χ1n) is 5.40. The summed E-state index contributed by atoms with van der Waals surface area (Å²) in [5, 5.41) is 20.1. The molecule has 1 aliphatic rings. The standard InChI is InChI=1S/C11H11FN2O4/c1-6-2-3-7-4-8(12)5-9(14(17)18)10(7)13(6)11(15)16/h4-6H,2-3H2,1H3,(H,15,16). The molecule has 0 spiro atoms. The largest absolute Gasteiger partial charge is 0.465 e. The van der Waals surface area contributed by atoms with Crippen molar-refractivity contribution in [2.24, 2.45) is 0 Å². The number of hydrogen-bond donors (Lipinski definition) is 1. The van der Waals surface area contributed by atoms with Crippen molar-refractivity contribution in [3.63, 3.8) is 0 Å². The van der Waals surface area contributed by atoms with Crippen LogP contribution in [0.4, 0.5) is 20.6 Å². The Hall–Kier alpha value is -2.18. The van der Waals surface area contributed by atoms with Crippen molar-refractivity contribution in [1.82, 2.24) is 0 Å². The summed E-state index contributed by atoms with van der Waals surface area (Å²) in [7, 11) is 0. The molecule has 1 atom stereocenters. The Morgan fingerprint density at radius 3 is 2.83 bits per heavy atom. The zero-order valence-corrected chi connectivity index (χ0v) is 9.59. The molecule has 0 aliphatic carbocycles. The highest BCUT2D eigenvalue weighted by Crippen LogP contribution is 2.39. The molecule has 0 fully saturated rings. The average Bonchev–Trinajstić information content (AvgIpc) is 2.27. The maximum absolute atomic E-state index is 13.3. The van der Waals surface area contributed by atoms with Crippen LogP contribution < -0.4 is 4.90 Å². The fourth-order valence-electron chi connectivity index (χ4n) is 2.25. The van der Waals surface area contributed by atoms with Gasteiger partial charge >= 0.3 is 6.09 Å². The van der Waals surface area contributed by atoms with E-state index in [9.17, 15) is 19.3 Å². The highest BCUT2D eigenvalue weighted by Gasteiger charge is 2.35. The number of hydrogen-bond acceptors (Lipinski definition) is 3. The van der Waals surface area contributed by atoms with Crippen LogP contribution in [0.15, 0.2) is 12.1 Å². The fraction of sp³-hybridized carbons (Fsp3) is 0.364. The predicted octanol–water partition coefficient (Wildman–Crippen LogP) is 2.55. The second-order valence-electron chi connectivity index (χ2n) is 4.23. The van der Waals surface area contributed by atoms with E-state index in [1.165, 1.54) is 0 Å². The van der Waals surface area contributed by atoms with E-state index in [1.807, 2.05) is 0 Å². The lowest BCUT2D eigenvalue weighted by Gasteiger charge is -2.32. The molecule has 1 aromatic carbocycles. The van der Waals surface area contributed by atoms with Crippen LogP contribution in [0.25, 0.3) is 0 Å². The first-order chi connectivity index (χ1) is 8.41. The number of anilines is 1.